The van der Waals surface area contributed by atoms with Gasteiger partial charge in [-0.15, -0.1) is 35.3 Å². The van der Waals surface area contributed by atoms with Gasteiger partial charge in [0.05, 0.1) is 18.8 Å². The number of aromatic nitrogens is 1. The first-order valence-electron chi connectivity index (χ1n) is 5.70. The van der Waals surface area contributed by atoms with Gasteiger partial charge in [0.2, 0.25) is 0 Å². The second-order valence-corrected chi connectivity index (χ2v) is 5.05. The van der Waals surface area contributed by atoms with Crippen LogP contribution in [0.4, 0.5) is 5.13 Å². The molecule has 0 aliphatic heterocycles. The van der Waals surface area contributed by atoms with Crippen molar-refractivity contribution in [2.24, 2.45) is 10.7 Å². The third-order valence-corrected chi connectivity index (χ3v) is 3.20. The lowest BCUT2D eigenvalue weighted by Crippen LogP contribution is -2.40. The van der Waals surface area contributed by atoms with Gasteiger partial charge in [-0.25, -0.2) is 9.98 Å². The summed E-state index contributed by atoms with van der Waals surface area (Å²) in [6.45, 7) is 3.07. The summed E-state index contributed by atoms with van der Waals surface area (Å²) in [5, 5.41) is 6.01. The highest BCUT2D eigenvalue weighted by Crippen LogP contribution is 2.18. The molecule has 8 heteroatoms. The number of methoxy groups -OCH3 is 1. The number of hydrogen-bond donors (Lipinski definition) is 2. The Labute approximate surface area is 135 Å². The molecule has 0 spiro atoms. The van der Waals surface area contributed by atoms with Crippen molar-refractivity contribution in [3.8, 4) is 0 Å². The average molecular weight is 399 g/mol. The number of halogens is 1. The predicted octanol–water partition coefficient (Wildman–Crippen LogP) is 1.27. The topological polar surface area (TPSA) is 75.8 Å². The van der Waals surface area contributed by atoms with Gasteiger partial charge in [-0.3, -0.25) is 0 Å². The van der Waals surface area contributed by atoms with Gasteiger partial charge in [0.15, 0.2) is 11.1 Å². The fourth-order valence-electron chi connectivity index (χ4n) is 1.33. The zero-order chi connectivity index (χ0) is 13.5. The van der Waals surface area contributed by atoms with Crippen LogP contribution in [0.25, 0.3) is 0 Å². The Bertz CT molecular complexity index is 396. The molecule has 1 aromatic heterocycles. The van der Waals surface area contributed by atoms with Crippen LogP contribution in [0.3, 0.4) is 0 Å². The summed E-state index contributed by atoms with van der Waals surface area (Å²) >= 11 is 1.60. The van der Waals surface area contributed by atoms with Gasteiger partial charge in [0.25, 0.3) is 0 Å². The average Bonchev–Trinajstić information content (AvgIpc) is 2.75. The molecule has 3 N–H and O–H groups in total. The van der Waals surface area contributed by atoms with E-state index >= 15 is 0 Å². The molecule has 0 aliphatic carbocycles. The van der Waals surface area contributed by atoms with Crippen LogP contribution in [0.5, 0.6) is 0 Å². The first-order valence-corrected chi connectivity index (χ1v) is 6.58. The Kier molecular flexibility index (Phi) is 9.02. The van der Waals surface area contributed by atoms with Gasteiger partial charge in [0.1, 0.15) is 0 Å². The molecule has 1 aromatic rings. The maximum atomic E-state index is 5.77. The quantitative estimate of drug-likeness (QED) is 0.428. The summed E-state index contributed by atoms with van der Waals surface area (Å²) in [5.74, 6) is 0.416. The minimum absolute atomic E-state index is 0. The maximum Gasteiger partial charge on any atom is 0.189 e. The Balaban J connectivity index is 0.00000324. The number of nitrogens with zero attached hydrogens (tertiary/aromatic N) is 3. The molecule has 0 bridgehead atoms. The monoisotopic (exact) mass is 399 g/mol. The summed E-state index contributed by atoms with van der Waals surface area (Å²) in [4.78, 5) is 10.6. The molecule has 1 unspecified atom stereocenters. The number of guanidine groups is 1. The largest absolute Gasteiger partial charge is 0.383 e. The first-order chi connectivity index (χ1) is 8.52. The van der Waals surface area contributed by atoms with E-state index < -0.39 is 0 Å². The summed E-state index contributed by atoms with van der Waals surface area (Å²) < 4.78 is 5.01. The molecule has 19 heavy (non-hydrogen) atoms. The molecule has 1 heterocycles. The van der Waals surface area contributed by atoms with Gasteiger partial charge >= 0.3 is 0 Å². The number of ether oxygens (including phenoxy) is 1. The Hall–Kier alpha value is -0.610. The van der Waals surface area contributed by atoms with Crippen LogP contribution in [-0.4, -0.2) is 44.8 Å². The van der Waals surface area contributed by atoms with Crippen molar-refractivity contribution >= 4 is 46.4 Å². The van der Waals surface area contributed by atoms with Crippen molar-refractivity contribution in [2.75, 3.05) is 32.7 Å². The van der Waals surface area contributed by atoms with E-state index in [1.54, 1.807) is 18.4 Å². The van der Waals surface area contributed by atoms with Crippen LogP contribution in [0.15, 0.2) is 10.4 Å². The van der Waals surface area contributed by atoms with Crippen molar-refractivity contribution in [1.29, 1.82) is 0 Å². The molecule has 6 nitrogen and oxygen atoms in total. The van der Waals surface area contributed by atoms with Crippen LogP contribution in [0, 0.1) is 0 Å². The van der Waals surface area contributed by atoms with E-state index in [1.165, 1.54) is 0 Å². The summed E-state index contributed by atoms with van der Waals surface area (Å²) in [6, 6.07) is 0.145. The van der Waals surface area contributed by atoms with Crippen LogP contribution in [0.2, 0.25) is 0 Å². The van der Waals surface area contributed by atoms with Crippen LogP contribution in [0.1, 0.15) is 12.6 Å². The highest BCUT2D eigenvalue weighted by Gasteiger charge is 2.04. The first kappa shape index (κ1) is 18.4. The van der Waals surface area contributed by atoms with Crippen LogP contribution in [-0.2, 0) is 11.3 Å². The maximum absolute atomic E-state index is 5.77. The standard InChI is InChI=1S/C11H21N5OS.HI/c1-8(6-17-4)14-10(12)13-5-9-7-18-11(15-9)16(2)3;/h7-8H,5-6H2,1-4H3,(H3,12,13,14);1H. The fraction of sp³-hybridized carbons (Fsp3) is 0.636. The van der Waals surface area contributed by atoms with Crippen molar-refractivity contribution in [3.05, 3.63) is 11.1 Å². The smallest absolute Gasteiger partial charge is 0.189 e. The Morgan fingerprint density at radius 1 is 1.63 bits per heavy atom. The zero-order valence-electron chi connectivity index (χ0n) is 11.7. The van der Waals surface area contributed by atoms with E-state index in [1.807, 2.05) is 31.3 Å². The lowest BCUT2D eigenvalue weighted by molar-refractivity contribution is 0.179. The van der Waals surface area contributed by atoms with Crippen LogP contribution < -0.4 is 16.0 Å². The van der Waals surface area contributed by atoms with E-state index in [9.17, 15) is 0 Å². The Morgan fingerprint density at radius 2 is 2.32 bits per heavy atom. The molecule has 0 saturated heterocycles. The summed E-state index contributed by atoms with van der Waals surface area (Å²) in [6.07, 6.45) is 0. The summed E-state index contributed by atoms with van der Waals surface area (Å²) in [7, 11) is 5.59. The Morgan fingerprint density at radius 3 is 2.84 bits per heavy atom. The van der Waals surface area contributed by atoms with E-state index in [0.717, 1.165) is 10.8 Å². The summed E-state index contributed by atoms with van der Waals surface area (Å²) in [5.41, 5.74) is 6.69. The van der Waals surface area contributed by atoms with Gasteiger partial charge in [0, 0.05) is 32.6 Å². The van der Waals surface area contributed by atoms with E-state index in [4.69, 9.17) is 10.5 Å². The molecule has 0 saturated carbocycles. The lowest BCUT2D eigenvalue weighted by atomic mass is 10.4. The molecule has 1 atom stereocenters. The second kappa shape index (κ2) is 9.32. The van der Waals surface area contributed by atoms with E-state index in [0.29, 0.717) is 19.1 Å². The van der Waals surface area contributed by atoms with E-state index in [-0.39, 0.29) is 30.0 Å². The molecule has 1 rings (SSSR count). The highest BCUT2D eigenvalue weighted by molar-refractivity contribution is 14.0. The van der Waals surface area contributed by atoms with Gasteiger partial charge in [-0.05, 0) is 6.92 Å². The fourth-order valence-corrected chi connectivity index (χ4v) is 2.08. The van der Waals surface area contributed by atoms with Crippen LogP contribution >= 0.6 is 35.3 Å². The molecule has 0 aromatic carbocycles. The lowest BCUT2D eigenvalue weighted by Gasteiger charge is -2.12. The number of nitrogens with two attached hydrogens (primary N) is 1. The van der Waals surface area contributed by atoms with Gasteiger partial charge in [-0.1, -0.05) is 0 Å². The number of thiazole rings is 1. The van der Waals surface area contributed by atoms with Crippen molar-refractivity contribution in [2.45, 2.75) is 19.5 Å². The highest BCUT2D eigenvalue weighted by atomic mass is 127. The number of hydrogen-bond acceptors (Lipinski definition) is 5. The van der Waals surface area contributed by atoms with Crippen molar-refractivity contribution in [3.63, 3.8) is 0 Å². The third kappa shape index (κ3) is 6.92. The number of aliphatic imine (C=N–C) groups is 1. The molecule has 0 amide bonds. The van der Waals surface area contributed by atoms with Gasteiger partial charge in [-0.2, -0.15) is 0 Å². The predicted molar refractivity (Wildman–Crippen MR) is 91.7 cm³/mol. The minimum atomic E-state index is 0. The number of rotatable bonds is 6. The molecule has 110 valence electrons. The van der Waals surface area contributed by atoms with Crippen molar-refractivity contribution < 1.29 is 4.74 Å². The number of anilines is 1. The zero-order valence-corrected chi connectivity index (χ0v) is 14.9. The molecule has 0 fully saturated rings. The SMILES string of the molecule is COCC(C)NC(N)=NCc1csc(N(C)C)n1.I. The third-order valence-electron chi connectivity index (χ3n) is 2.14. The minimum Gasteiger partial charge on any atom is -0.383 e. The number of nitrogens with one attached hydrogen (secondary N) is 1. The van der Waals surface area contributed by atoms with Crippen molar-refractivity contribution in [1.82, 2.24) is 10.3 Å². The molecular weight excluding hydrogens is 377 g/mol. The van der Waals surface area contributed by atoms with Gasteiger partial charge < -0.3 is 20.7 Å². The second-order valence-electron chi connectivity index (χ2n) is 4.22. The van der Waals surface area contributed by atoms with E-state index in [2.05, 4.69) is 15.3 Å². The molecule has 0 aliphatic rings. The molecule has 0 radical (unpaired) electrons. The normalized spacial score (nSPS) is 12.7. The molecular formula is C11H22IN5OS.